The summed E-state index contributed by atoms with van der Waals surface area (Å²) in [6, 6.07) is 16.4. The first-order valence-electron chi connectivity index (χ1n) is 7.31. The molecule has 1 N–H and O–H groups in total. The average molecular weight is 310 g/mol. The zero-order chi connectivity index (χ0) is 15.3. The van der Waals surface area contributed by atoms with Crippen LogP contribution in [0.5, 0.6) is 0 Å². The molecular weight excluding hydrogens is 294 g/mol. The highest BCUT2D eigenvalue weighted by Crippen LogP contribution is 2.40. The van der Waals surface area contributed by atoms with Crippen LogP contribution in [0.25, 0.3) is 11.3 Å². The largest absolute Gasteiger partial charge is 0.359 e. The lowest BCUT2D eigenvalue weighted by Gasteiger charge is -2.30. The van der Waals surface area contributed by atoms with Gasteiger partial charge in [0.1, 0.15) is 6.17 Å². The van der Waals surface area contributed by atoms with Gasteiger partial charge in [0.05, 0.1) is 11.4 Å². The fourth-order valence-electron chi connectivity index (χ4n) is 3.05. The van der Waals surface area contributed by atoms with Crippen molar-refractivity contribution in [2.75, 3.05) is 5.32 Å². The third kappa shape index (κ3) is 2.01. The summed E-state index contributed by atoms with van der Waals surface area (Å²) in [7, 11) is 0. The molecule has 110 valence electrons. The van der Waals surface area contributed by atoms with Crippen LogP contribution in [-0.4, -0.2) is 9.78 Å². The Bertz CT molecular complexity index is 849. The number of hydrogen-bond acceptors (Lipinski definition) is 2. The van der Waals surface area contributed by atoms with Crippen molar-refractivity contribution in [3.05, 3.63) is 70.4 Å². The van der Waals surface area contributed by atoms with Crippen molar-refractivity contribution in [2.45, 2.75) is 20.0 Å². The molecule has 4 heteroatoms. The van der Waals surface area contributed by atoms with Crippen molar-refractivity contribution in [3.63, 3.8) is 0 Å². The van der Waals surface area contributed by atoms with Crippen LogP contribution in [-0.2, 0) is 0 Å². The first-order chi connectivity index (χ1) is 10.6. The van der Waals surface area contributed by atoms with E-state index in [-0.39, 0.29) is 6.17 Å². The molecule has 1 aliphatic heterocycles. The molecule has 0 fully saturated rings. The maximum Gasteiger partial charge on any atom is 0.147 e. The van der Waals surface area contributed by atoms with Crippen molar-refractivity contribution >= 4 is 17.3 Å². The van der Waals surface area contributed by atoms with Crippen LogP contribution < -0.4 is 5.32 Å². The van der Waals surface area contributed by atoms with Crippen molar-refractivity contribution in [2.24, 2.45) is 0 Å². The molecule has 1 aliphatic rings. The molecule has 4 rings (SSSR count). The highest BCUT2D eigenvalue weighted by Gasteiger charge is 2.27. The molecule has 1 unspecified atom stereocenters. The van der Waals surface area contributed by atoms with Gasteiger partial charge in [0.2, 0.25) is 0 Å². The molecule has 0 bridgehead atoms. The summed E-state index contributed by atoms with van der Waals surface area (Å²) in [6.07, 6.45) is -0.0189. The second-order valence-corrected chi connectivity index (χ2v) is 6.15. The number of para-hydroxylation sites is 1. The van der Waals surface area contributed by atoms with Gasteiger partial charge in [0.25, 0.3) is 0 Å². The summed E-state index contributed by atoms with van der Waals surface area (Å²) < 4.78 is 2.06. The molecule has 1 aromatic heterocycles. The van der Waals surface area contributed by atoms with Gasteiger partial charge in [-0.05, 0) is 43.2 Å². The Labute approximate surface area is 134 Å². The van der Waals surface area contributed by atoms with Gasteiger partial charge in [0, 0.05) is 16.3 Å². The number of rotatable bonds is 1. The normalized spacial score (nSPS) is 15.9. The third-order valence-electron chi connectivity index (χ3n) is 4.12. The molecule has 0 spiro atoms. The lowest BCUT2D eigenvalue weighted by atomic mass is 10.0. The highest BCUT2D eigenvalue weighted by atomic mass is 35.5. The third-order valence-corrected chi connectivity index (χ3v) is 4.37. The maximum absolute atomic E-state index is 6.02. The van der Waals surface area contributed by atoms with E-state index >= 15 is 0 Å². The molecule has 0 aliphatic carbocycles. The fourth-order valence-corrected chi connectivity index (χ4v) is 3.18. The monoisotopic (exact) mass is 309 g/mol. The lowest BCUT2D eigenvalue weighted by molar-refractivity contribution is 0.570. The summed E-state index contributed by atoms with van der Waals surface area (Å²) in [5, 5.41) is 9.05. The van der Waals surface area contributed by atoms with Gasteiger partial charge in [-0.3, -0.25) is 0 Å². The van der Waals surface area contributed by atoms with E-state index in [2.05, 4.69) is 46.3 Å². The van der Waals surface area contributed by atoms with Gasteiger partial charge in [-0.2, -0.15) is 5.10 Å². The summed E-state index contributed by atoms with van der Waals surface area (Å²) >= 11 is 6.02. The highest BCUT2D eigenvalue weighted by molar-refractivity contribution is 6.30. The second-order valence-electron chi connectivity index (χ2n) is 5.71. The number of halogens is 1. The van der Waals surface area contributed by atoms with E-state index in [4.69, 9.17) is 11.6 Å². The smallest absolute Gasteiger partial charge is 0.147 e. The van der Waals surface area contributed by atoms with Crippen LogP contribution in [0.1, 0.15) is 23.0 Å². The van der Waals surface area contributed by atoms with Crippen LogP contribution in [0, 0.1) is 13.8 Å². The summed E-state index contributed by atoms with van der Waals surface area (Å²) in [4.78, 5) is 0. The molecule has 3 aromatic rings. The van der Waals surface area contributed by atoms with E-state index < -0.39 is 0 Å². The topological polar surface area (TPSA) is 29.9 Å². The standard InChI is InChI=1S/C18H16ClN3/c1-11-4-3-5-15-16-10-12(2)21-22(16)18(20-17(11)15)13-6-8-14(19)9-7-13/h3-10,18,20H,1-2H3. The van der Waals surface area contributed by atoms with E-state index in [9.17, 15) is 0 Å². The number of aromatic nitrogens is 2. The van der Waals surface area contributed by atoms with Gasteiger partial charge >= 0.3 is 0 Å². The number of anilines is 1. The van der Waals surface area contributed by atoms with E-state index in [1.165, 1.54) is 16.8 Å². The Balaban J connectivity index is 1.92. The Kier molecular flexibility index (Phi) is 2.98. The fraction of sp³-hybridized carbons (Fsp3) is 0.167. The van der Waals surface area contributed by atoms with Gasteiger partial charge in [-0.15, -0.1) is 0 Å². The predicted octanol–water partition coefficient (Wildman–Crippen LogP) is 4.79. The molecule has 2 heterocycles. The number of hydrogen-bond donors (Lipinski definition) is 1. The number of fused-ring (bicyclic) bond motifs is 3. The molecule has 1 atom stereocenters. The van der Waals surface area contributed by atoms with Crippen LogP contribution in [0.4, 0.5) is 5.69 Å². The minimum Gasteiger partial charge on any atom is -0.359 e. The summed E-state index contributed by atoms with van der Waals surface area (Å²) in [6.45, 7) is 4.16. The molecule has 0 amide bonds. The summed E-state index contributed by atoms with van der Waals surface area (Å²) in [5.41, 5.74) is 6.92. The molecule has 0 saturated carbocycles. The van der Waals surface area contributed by atoms with Gasteiger partial charge in [-0.1, -0.05) is 41.9 Å². The van der Waals surface area contributed by atoms with Crippen LogP contribution in [0.15, 0.2) is 48.5 Å². The number of nitrogens with one attached hydrogen (secondary N) is 1. The maximum atomic E-state index is 6.02. The van der Waals surface area contributed by atoms with E-state index in [0.29, 0.717) is 0 Å². The molecule has 0 radical (unpaired) electrons. The van der Waals surface area contributed by atoms with E-state index in [1.54, 1.807) is 0 Å². The van der Waals surface area contributed by atoms with Gasteiger partial charge < -0.3 is 5.32 Å². The van der Waals surface area contributed by atoms with Crippen LogP contribution >= 0.6 is 11.6 Å². The lowest BCUT2D eigenvalue weighted by Crippen LogP contribution is -2.26. The predicted molar refractivity (Wildman–Crippen MR) is 90.4 cm³/mol. The quantitative estimate of drug-likeness (QED) is 0.700. The minimum absolute atomic E-state index is 0.0189. The molecule has 3 nitrogen and oxygen atoms in total. The zero-order valence-corrected chi connectivity index (χ0v) is 13.2. The summed E-state index contributed by atoms with van der Waals surface area (Å²) in [5.74, 6) is 0. The number of nitrogens with zero attached hydrogens (tertiary/aromatic N) is 2. The van der Waals surface area contributed by atoms with Crippen molar-refractivity contribution < 1.29 is 0 Å². The van der Waals surface area contributed by atoms with E-state index in [1.807, 2.05) is 31.2 Å². The van der Waals surface area contributed by atoms with Crippen molar-refractivity contribution in [3.8, 4) is 11.3 Å². The first kappa shape index (κ1) is 13.4. The average Bonchev–Trinajstić information content (AvgIpc) is 2.90. The second kappa shape index (κ2) is 4.89. The van der Waals surface area contributed by atoms with Crippen LogP contribution in [0.2, 0.25) is 5.02 Å². The number of aryl methyl sites for hydroxylation is 2. The zero-order valence-electron chi connectivity index (χ0n) is 12.5. The van der Waals surface area contributed by atoms with Gasteiger partial charge in [0.15, 0.2) is 0 Å². The Morgan fingerprint density at radius 3 is 2.64 bits per heavy atom. The van der Waals surface area contributed by atoms with Crippen molar-refractivity contribution in [1.82, 2.24) is 9.78 Å². The molecule has 22 heavy (non-hydrogen) atoms. The number of benzene rings is 2. The molecule has 2 aromatic carbocycles. The SMILES string of the molecule is Cc1cc2n(n1)C(c1ccc(Cl)cc1)Nc1c(C)cccc1-2. The first-order valence-corrected chi connectivity index (χ1v) is 7.69. The van der Waals surface area contributed by atoms with Gasteiger partial charge in [-0.25, -0.2) is 4.68 Å². The minimum atomic E-state index is -0.0189. The van der Waals surface area contributed by atoms with E-state index in [0.717, 1.165) is 22.0 Å². The van der Waals surface area contributed by atoms with Crippen molar-refractivity contribution in [1.29, 1.82) is 0 Å². The Morgan fingerprint density at radius 1 is 1.09 bits per heavy atom. The van der Waals surface area contributed by atoms with Crippen LogP contribution in [0.3, 0.4) is 0 Å². The Hall–Kier alpha value is -2.26. The molecule has 0 saturated heterocycles. The Morgan fingerprint density at radius 2 is 1.86 bits per heavy atom. The molecular formula is C18H16ClN3.